The van der Waals surface area contributed by atoms with Gasteiger partial charge in [-0.3, -0.25) is 14.1 Å². The van der Waals surface area contributed by atoms with Gasteiger partial charge in [-0.1, -0.05) is 35.5 Å². The Morgan fingerprint density at radius 1 is 1.39 bits per heavy atom. The fourth-order valence-electron chi connectivity index (χ4n) is 2.74. The Labute approximate surface area is 163 Å². The first-order valence-corrected chi connectivity index (χ1v) is 10.0. The largest absolute Gasteiger partial charge is 0.398 e. The Morgan fingerprint density at radius 2 is 2.07 bits per heavy atom. The topological polar surface area (TPSA) is 164 Å². The van der Waals surface area contributed by atoms with Gasteiger partial charge in [-0.15, -0.1) is 11.3 Å². The highest BCUT2D eigenvalue weighted by atomic mass is 32.2. The molecule has 1 aromatic carbocycles. The van der Waals surface area contributed by atoms with Crippen molar-refractivity contribution in [3.05, 3.63) is 47.0 Å². The summed E-state index contributed by atoms with van der Waals surface area (Å²) in [7, 11) is -3.58. The van der Waals surface area contributed by atoms with E-state index in [0.717, 1.165) is 11.3 Å². The smallest absolute Gasteiger partial charge is 0.362 e. The van der Waals surface area contributed by atoms with Crippen LogP contribution in [0.15, 0.2) is 40.9 Å². The van der Waals surface area contributed by atoms with Gasteiger partial charge < -0.3 is 15.9 Å². The van der Waals surface area contributed by atoms with Crippen molar-refractivity contribution in [3.63, 3.8) is 0 Å². The van der Waals surface area contributed by atoms with Crippen LogP contribution in [0.25, 0.3) is 0 Å². The average Bonchev–Trinajstić information content (AvgIpc) is 3.07. The zero-order chi connectivity index (χ0) is 20.5. The first-order chi connectivity index (χ1) is 13.2. The second-order valence-corrected chi connectivity index (χ2v) is 7.79. The predicted molar refractivity (Wildman–Crippen MR) is 99.6 cm³/mol. The standard InChI is InChI=1S/C15H15N5O6S2/c1-26-19-10(9-7-27-15(16)17-9)13(21)18-11-12(8-5-3-2-4-6-8)20(14(11)22)28(23,24)25/h2-7,11-12H,1H3,(H2,16,17)(H,18,21)(H,23,24,25)/b19-10-/t11-,12-/m0/s1. The molecule has 2 atom stereocenters. The molecule has 0 saturated carbocycles. The first kappa shape index (κ1) is 19.7. The molecule has 0 bridgehead atoms. The van der Waals surface area contributed by atoms with Crippen LogP contribution in [-0.2, 0) is 24.7 Å². The number of carbonyl (C=O) groups is 2. The normalized spacial score (nSPS) is 19.9. The Balaban J connectivity index is 1.90. The van der Waals surface area contributed by atoms with E-state index in [9.17, 15) is 22.6 Å². The Bertz CT molecular complexity index is 1040. The number of anilines is 1. The van der Waals surface area contributed by atoms with Gasteiger partial charge in [-0.05, 0) is 5.56 Å². The molecule has 0 radical (unpaired) electrons. The number of thiazole rings is 1. The van der Waals surface area contributed by atoms with Gasteiger partial charge in [-0.2, -0.15) is 8.42 Å². The van der Waals surface area contributed by atoms with E-state index in [2.05, 4.69) is 20.3 Å². The van der Waals surface area contributed by atoms with Crippen LogP contribution in [0.5, 0.6) is 0 Å². The third-order valence-corrected chi connectivity index (χ3v) is 5.47. The molecule has 0 unspecified atom stereocenters. The zero-order valence-electron chi connectivity index (χ0n) is 14.3. The number of hydrogen-bond donors (Lipinski definition) is 3. The van der Waals surface area contributed by atoms with E-state index in [-0.39, 0.29) is 16.5 Å². The minimum Gasteiger partial charge on any atom is -0.398 e. The van der Waals surface area contributed by atoms with Crippen LogP contribution in [0.4, 0.5) is 5.13 Å². The summed E-state index contributed by atoms with van der Waals surface area (Å²) < 4.78 is 32.8. The maximum Gasteiger partial charge on any atom is 0.362 e. The number of nitrogens with zero attached hydrogens (tertiary/aromatic N) is 3. The SMILES string of the molecule is CO/N=C(\C(=O)N[C@@H]1C(=O)N(S(=O)(=O)O)[C@H]1c1ccccc1)c1csc(N)n1. The van der Waals surface area contributed by atoms with Gasteiger partial charge in [0.15, 0.2) is 10.8 Å². The Morgan fingerprint density at radius 3 is 2.61 bits per heavy atom. The number of β-lactam (4-membered cyclic amide) rings is 1. The molecular formula is C15H15N5O6S2. The molecule has 1 aliphatic rings. The minimum atomic E-state index is -4.81. The van der Waals surface area contributed by atoms with E-state index in [1.807, 2.05) is 0 Å². The van der Waals surface area contributed by atoms with Crippen molar-refractivity contribution in [2.75, 3.05) is 12.8 Å². The predicted octanol–water partition coefficient (Wildman–Crippen LogP) is -0.0531. The summed E-state index contributed by atoms with van der Waals surface area (Å²) in [5, 5.41) is 7.71. The van der Waals surface area contributed by atoms with Gasteiger partial charge in [0.2, 0.25) is 0 Å². The van der Waals surface area contributed by atoms with Gasteiger partial charge in [0.25, 0.3) is 11.8 Å². The van der Waals surface area contributed by atoms with Crippen molar-refractivity contribution >= 4 is 44.3 Å². The zero-order valence-corrected chi connectivity index (χ0v) is 16.0. The van der Waals surface area contributed by atoms with Crippen LogP contribution in [-0.4, -0.2) is 52.9 Å². The number of nitrogens with two attached hydrogens (primary N) is 1. The molecule has 3 rings (SSSR count). The van der Waals surface area contributed by atoms with Crippen LogP contribution >= 0.6 is 11.3 Å². The summed E-state index contributed by atoms with van der Waals surface area (Å²) in [5.41, 5.74) is 5.87. The average molecular weight is 425 g/mol. The quantitative estimate of drug-likeness (QED) is 0.251. The monoisotopic (exact) mass is 425 g/mol. The van der Waals surface area contributed by atoms with Gasteiger partial charge in [0, 0.05) is 5.38 Å². The highest BCUT2D eigenvalue weighted by molar-refractivity contribution is 7.84. The number of benzene rings is 1. The van der Waals surface area contributed by atoms with Crippen molar-refractivity contribution in [3.8, 4) is 0 Å². The molecule has 1 saturated heterocycles. The van der Waals surface area contributed by atoms with Crippen LogP contribution in [0.3, 0.4) is 0 Å². The summed E-state index contributed by atoms with van der Waals surface area (Å²) in [4.78, 5) is 33.6. The Hall–Kier alpha value is -3.03. The molecule has 4 N–H and O–H groups in total. The van der Waals surface area contributed by atoms with Crippen molar-refractivity contribution in [2.45, 2.75) is 12.1 Å². The highest BCUT2D eigenvalue weighted by Crippen LogP contribution is 2.37. The minimum absolute atomic E-state index is 0.136. The van der Waals surface area contributed by atoms with Crippen molar-refractivity contribution in [2.24, 2.45) is 5.16 Å². The fraction of sp³-hybridized carbons (Fsp3) is 0.200. The van der Waals surface area contributed by atoms with Crippen LogP contribution < -0.4 is 11.1 Å². The lowest BCUT2D eigenvalue weighted by molar-refractivity contribution is -0.145. The van der Waals surface area contributed by atoms with Gasteiger partial charge in [0.1, 0.15) is 24.9 Å². The maximum atomic E-state index is 12.6. The molecule has 2 heterocycles. The number of hydrogen-bond acceptors (Lipinski definition) is 9. The third-order valence-electron chi connectivity index (χ3n) is 3.89. The van der Waals surface area contributed by atoms with Gasteiger partial charge in [0.05, 0.1) is 0 Å². The molecule has 11 nitrogen and oxygen atoms in total. The van der Waals surface area contributed by atoms with Gasteiger partial charge >= 0.3 is 10.3 Å². The van der Waals surface area contributed by atoms with E-state index >= 15 is 0 Å². The third kappa shape index (κ3) is 3.67. The van der Waals surface area contributed by atoms with Crippen molar-refractivity contribution in [1.82, 2.24) is 14.6 Å². The molecule has 0 spiro atoms. The second-order valence-electron chi connectivity index (χ2n) is 5.61. The van der Waals surface area contributed by atoms with E-state index in [4.69, 9.17) is 5.73 Å². The number of carbonyl (C=O) groups excluding carboxylic acids is 2. The summed E-state index contributed by atoms with van der Waals surface area (Å²) in [6.45, 7) is 0. The molecule has 28 heavy (non-hydrogen) atoms. The molecule has 1 fully saturated rings. The van der Waals surface area contributed by atoms with Crippen LogP contribution in [0.2, 0.25) is 0 Å². The lowest BCUT2D eigenvalue weighted by Gasteiger charge is -2.44. The summed E-state index contributed by atoms with van der Waals surface area (Å²) in [6, 6.07) is 5.75. The second kappa shape index (κ2) is 7.53. The summed E-state index contributed by atoms with van der Waals surface area (Å²) in [6.07, 6.45) is 0. The first-order valence-electron chi connectivity index (χ1n) is 7.73. The number of aromatic nitrogens is 1. The summed E-state index contributed by atoms with van der Waals surface area (Å²) in [5.74, 6) is -1.80. The molecule has 2 aromatic rings. The Kier molecular flexibility index (Phi) is 5.31. The number of nitrogens with one attached hydrogen (secondary N) is 1. The molecular weight excluding hydrogens is 410 g/mol. The van der Waals surface area contributed by atoms with Gasteiger partial charge in [-0.25, -0.2) is 9.29 Å². The van der Waals surface area contributed by atoms with E-state index in [1.54, 1.807) is 30.3 Å². The molecule has 148 valence electrons. The van der Waals surface area contributed by atoms with Crippen LogP contribution in [0.1, 0.15) is 17.3 Å². The highest BCUT2D eigenvalue weighted by Gasteiger charge is 2.54. The molecule has 13 heteroatoms. The van der Waals surface area contributed by atoms with Crippen molar-refractivity contribution < 1.29 is 27.4 Å². The van der Waals surface area contributed by atoms with Crippen molar-refractivity contribution in [1.29, 1.82) is 0 Å². The van der Waals surface area contributed by atoms with E-state index < -0.39 is 34.2 Å². The maximum absolute atomic E-state index is 12.6. The fourth-order valence-corrected chi connectivity index (χ4v) is 4.16. The number of rotatable bonds is 6. The number of oxime groups is 1. The molecule has 0 aliphatic carbocycles. The summed E-state index contributed by atoms with van der Waals surface area (Å²) >= 11 is 1.08. The van der Waals surface area contributed by atoms with E-state index in [0.29, 0.717) is 9.87 Å². The van der Waals surface area contributed by atoms with E-state index in [1.165, 1.54) is 12.5 Å². The molecule has 1 aliphatic heterocycles. The number of nitrogen functional groups attached to an aromatic ring is 1. The molecule has 2 amide bonds. The molecule has 1 aromatic heterocycles. The number of amides is 2. The lowest BCUT2D eigenvalue weighted by atomic mass is 9.91. The lowest BCUT2D eigenvalue weighted by Crippen LogP contribution is -2.67. The van der Waals surface area contributed by atoms with Crippen LogP contribution in [0, 0.1) is 0 Å².